The van der Waals surface area contributed by atoms with Crippen molar-refractivity contribution in [3.8, 4) is 0 Å². The van der Waals surface area contributed by atoms with Gasteiger partial charge in [0.05, 0.1) is 5.69 Å². The van der Waals surface area contributed by atoms with Crippen molar-refractivity contribution in [2.75, 3.05) is 7.05 Å². The van der Waals surface area contributed by atoms with E-state index in [-0.39, 0.29) is 5.92 Å². The van der Waals surface area contributed by atoms with Gasteiger partial charge in [-0.1, -0.05) is 32.6 Å². The fraction of sp³-hybridized carbons (Fsp3) is 0.409. The molecule has 2 aromatic rings. The van der Waals surface area contributed by atoms with Crippen LogP contribution in [0.5, 0.6) is 0 Å². The molecular formula is C22H30N4. The second-order valence-electron chi connectivity index (χ2n) is 7.20. The molecular weight excluding hydrogens is 320 g/mol. The molecule has 0 amide bonds. The molecule has 1 atom stereocenters. The molecule has 138 valence electrons. The van der Waals surface area contributed by atoms with Crippen LogP contribution in [0.3, 0.4) is 0 Å². The van der Waals surface area contributed by atoms with E-state index in [1.807, 2.05) is 7.05 Å². The zero-order chi connectivity index (χ0) is 18.7. The minimum absolute atomic E-state index is 0.128. The third-order valence-corrected chi connectivity index (χ3v) is 4.93. The second-order valence-corrected chi connectivity index (χ2v) is 7.20. The first-order valence-electron chi connectivity index (χ1n) is 9.52. The van der Waals surface area contributed by atoms with Crippen molar-refractivity contribution in [3.05, 3.63) is 71.6 Å². The van der Waals surface area contributed by atoms with E-state index in [0.717, 1.165) is 29.2 Å². The Morgan fingerprint density at radius 2 is 2.15 bits per heavy atom. The van der Waals surface area contributed by atoms with Crippen LogP contribution in [0, 0.1) is 12.8 Å². The third-order valence-electron chi connectivity index (χ3n) is 4.93. The van der Waals surface area contributed by atoms with Crippen molar-refractivity contribution in [2.45, 2.75) is 46.0 Å². The molecule has 2 heterocycles. The number of nitrogens with zero attached hydrogens (tertiary/aromatic N) is 2. The molecule has 1 aliphatic rings. The van der Waals surface area contributed by atoms with Crippen LogP contribution in [-0.2, 0) is 0 Å². The summed E-state index contributed by atoms with van der Waals surface area (Å²) in [4.78, 5) is 4.76. The average Bonchev–Trinajstić information content (AvgIpc) is 3.37. The minimum Gasteiger partial charge on any atom is -0.391 e. The molecule has 1 unspecified atom stereocenters. The maximum absolute atomic E-state index is 4.76. The quantitative estimate of drug-likeness (QED) is 0.681. The molecule has 4 heteroatoms. The van der Waals surface area contributed by atoms with E-state index in [2.05, 4.69) is 79.1 Å². The highest BCUT2D eigenvalue weighted by atomic mass is 15.0. The number of aryl methyl sites for hydroxylation is 1. The van der Waals surface area contributed by atoms with Crippen molar-refractivity contribution in [3.63, 3.8) is 0 Å². The van der Waals surface area contributed by atoms with E-state index in [1.54, 1.807) is 0 Å². The van der Waals surface area contributed by atoms with Gasteiger partial charge in [0.2, 0.25) is 0 Å². The van der Waals surface area contributed by atoms with Crippen molar-refractivity contribution in [1.29, 1.82) is 0 Å². The van der Waals surface area contributed by atoms with Gasteiger partial charge in [0.25, 0.3) is 0 Å². The van der Waals surface area contributed by atoms with Crippen LogP contribution in [0.1, 0.15) is 50.3 Å². The zero-order valence-corrected chi connectivity index (χ0v) is 16.3. The van der Waals surface area contributed by atoms with E-state index in [1.165, 1.54) is 24.1 Å². The number of fused-ring (bicyclic) bond motifs is 1. The number of hydrogen-bond donors (Lipinski definition) is 2. The molecule has 4 nitrogen and oxygen atoms in total. The molecule has 0 spiro atoms. The summed E-state index contributed by atoms with van der Waals surface area (Å²) in [7, 11) is 2.00. The van der Waals surface area contributed by atoms with Gasteiger partial charge in [-0.05, 0) is 49.8 Å². The maximum atomic E-state index is 4.76. The molecule has 0 saturated heterocycles. The van der Waals surface area contributed by atoms with Crippen LogP contribution in [-0.4, -0.2) is 16.4 Å². The minimum atomic E-state index is 0.128. The van der Waals surface area contributed by atoms with E-state index >= 15 is 0 Å². The van der Waals surface area contributed by atoms with Crippen molar-refractivity contribution >= 4 is 5.65 Å². The van der Waals surface area contributed by atoms with Crippen LogP contribution in [0.15, 0.2) is 60.3 Å². The van der Waals surface area contributed by atoms with E-state index in [9.17, 15) is 0 Å². The van der Waals surface area contributed by atoms with E-state index in [0.29, 0.717) is 5.92 Å². The molecule has 0 aliphatic heterocycles. The van der Waals surface area contributed by atoms with Gasteiger partial charge in [0, 0.05) is 42.5 Å². The van der Waals surface area contributed by atoms with Gasteiger partial charge < -0.3 is 15.0 Å². The number of nitrogens with one attached hydrogen (secondary N) is 2. The van der Waals surface area contributed by atoms with Crippen molar-refractivity contribution in [1.82, 2.24) is 20.0 Å². The van der Waals surface area contributed by atoms with Crippen LogP contribution >= 0.6 is 0 Å². The molecule has 26 heavy (non-hydrogen) atoms. The summed E-state index contributed by atoms with van der Waals surface area (Å²) in [6.45, 7) is 10.7. The average molecular weight is 351 g/mol. The Morgan fingerprint density at radius 1 is 1.38 bits per heavy atom. The molecule has 1 aliphatic carbocycles. The predicted octanol–water partition coefficient (Wildman–Crippen LogP) is 4.66. The molecule has 0 aromatic carbocycles. The van der Waals surface area contributed by atoms with Crippen LogP contribution in [0.4, 0.5) is 0 Å². The largest absolute Gasteiger partial charge is 0.391 e. The summed E-state index contributed by atoms with van der Waals surface area (Å²) in [5, 5.41) is 6.87. The molecule has 0 bridgehead atoms. The monoisotopic (exact) mass is 350 g/mol. The zero-order valence-electron chi connectivity index (χ0n) is 16.3. The van der Waals surface area contributed by atoms with Crippen LogP contribution < -0.4 is 10.6 Å². The van der Waals surface area contributed by atoms with E-state index in [4.69, 9.17) is 4.98 Å². The summed E-state index contributed by atoms with van der Waals surface area (Å²) < 4.78 is 2.09. The Hall–Kier alpha value is -2.49. The highest BCUT2D eigenvalue weighted by Crippen LogP contribution is 2.35. The molecule has 3 rings (SSSR count). The Labute approximate surface area is 156 Å². The number of hydrogen-bond acceptors (Lipinski definition) is 3. The maximum Gasteiger partial charge on any atom is 0.137 e. The van der Waals surface area contributed by atoms with Gasteiger partial charge in [0.1, 0.15) is 5.65 Å². The summed E-state index contributed by atoms with van der Waals surface area (Å²) in [6, 6.07) is 4.15. The first-order chi connectivity index (χ1) is 12.5. The second kappa shape index (κ2) is 7.81. The fourth-order valence-corrected chi connectivity index (χ4v) is 3.13. The number of allylic oxidation sites excluding steroid dienone is 4. The molecule has 1 fully saturated rings. The van der Waals surface area contributed by atoms with Gasteiger partial charge in [-0.2, -0.15) is 0 Å². The van der Waals surface area contributed by atoms with Gasteiger partial charge in [-0.3, -0.25) is 0 Å². The lowest BCUT2D eigenvalue weighted by molar-refractivity contribution is 0.775. The topological polar surface area (TPSA) is 41.4 Å². The lowest BCUT2D eigenvalue weighted by Gasteiger charge is -2.17. The Balaban J connectivity index is 1.76. The van der Waals surface area contributed by atoms with Gasteiger partial charge in [-0.25, -0.2) is 4.98 Å². The standard InChI is InChI=1S/C22H30N4/c1-6-7-19(12-20(23-5)18-9-10-18)24-17(4)16(3)21-14-26-13-15(2)8-11-22(26)25-21/h7-8,11-14,16,18,23-24H,4,6,9-10H2,1-3,5H3/b19-7-,20-12-. The Kier molecular flexibility index (Phi) is 5.50. The number of aromatic nitrogens is 2. The number of pyridine rings is 1. The Bertz CT molecular complexity index is 852. The SMILES string of the molecule is C=C(NC(=C\CC)/C=C(\NC)C1CC1)C(C)c1cn2cc(C)ccc2n1. The van der Waals surface area contributed by atoms with Crippen molar-refractivity contribution < 1.29 is 0 Å². The summed E-state index contributed by atoms with van der Waals surface area (Å²) >= 11 is 0. The predicted molar refractivity (Wildman–Crippen MR) is 109 cm³/mol. The first-order valence-corrected chi connectivity index (χ1v) is 9.52. The fourth-order valence-electron chi connectivity index (χ4n) is 3.13. The molecule has 2 aromatic heterocycles. The highest BCUT2D eigenvalue weighted by Gasteiger charge is 2.25. The molecule has 2 N–H and O–H groups in total. The van der Waals surface area contributed by atoms with Gasteiger partial charge in [-0.15, -0.1) is 0 Å². The summed E-state index contributed by atoms with van der Waals surface area (Å²) in [5.41, 5.74) is 6.61. The van der Waals surface area contributed by atoms with Crippen LogP contribution in [0.2, 0.25) is 0 Å². The normalized spacial score (nSPS) is 16.6. The van der Waals surface area contributed by atoms with Crippen LogP contribution in [0.25, 0.3) is 5.65 Å². The van der Waals surface area contributed by atoms with Gasteiger partial charge in [0.15, 0.2) is 0 Å². The lowest BCUT2D eigenvalue weighted by atomic mass is 10.1. The van der Waals surface area contributed by atoms with Crippen molar-refractivity contribution in [2.24, 2.45) is 5.92 Å². The summed E-state index contributed by atoms with van der Waals surface area (Å²) in [6.07, 6.45) is 12.2. The molecule has 0 radical (unpaired) electrons. The first kappa shape index (κ1) is 18.3. The molecule has 1 saturated carbocycles. The number of rotatable bonds is 8. The highest BCUT2D eigenvalue weighted by molar-refractivity contribution is 5.43. The van der Waals surface area contributed by atoms with E-state index < -0.39 is 0 Å². The summed E-state index contributed by atoms with van der Waals surface area (Å²) in [5.74, 6) is 0.817. The smallest absolute Gasteiger partial charge is 0.137 e. The third kappa shape index (κ3) is 4.18. The lowest BCUT2D eigenvalue weighted by Crippen LogP contribution is -2.18. The van der Waals surface area contributed by atoms with Gasteiger partial charge >= 0.3 is 0 Å². The Morgan fingerprint density at radius 3 is 2.81 bits per heavy atom. The number of imidazole rings is 1.